The highest BCUT2D eigenvalue weighted by Crippen LogP contribution is 2.11. The third-order valence-electron chi connectivity index (χ3n) is 1.75. The summed E-state index contributed by atoms with van der Waals surface area (Å²) in [5.74, 6) is 0. The van der Waals surface area contributed by atoms with E-state index in [0.29, 0.717) is 5.56 Å². The molecular formula is C9H9FO2. The third-order valence-corrected chi connectivity index (χ3v) is 1.75. The molecule has 0 saturated carbocycles. The van der Waals surface area contributed by atoms with Crippen LogP contribution in [0.25, 0.3) is 0 Å². The summed E-state index contributed by atoms with van der Waals surface area (Å²) in [6.45, 7) is 1.62. The molecule has 0 atom stereocenters. The average Bonchev–Trinajstić information content (AvgIpc) is 2.05. The topological polar surface area (TPSA) is 37.3 Å². The van der Waals surface area contributed by atoms with Gasteiger partial charge in [-0.05, 0) is 30.2 Å². The summed E-state index contributed by atoms with van der Waals surface area (Å²) in [6, 6.07) is 2.90. The summed E-state index contributed by atoms with van der Waals surface area (Å²) in [5.41, 5.74) is 1.42. The standard InChI is InChI=1S/C9H9FO2/c1-6-2-3-7(9(10)12)4-8(6)5-11/h2-4,11H,5H2,1H3. The van der Waals surface area contributed by atoms with Crippen molar-refractivity contribution in [3.8, 4) is 0 Å². The number of hydrogen-bond donors (Lipinski definition) is 1. The molecule has 2 nitrogen and oxygen atoms in total. The molecular weight excluding hydrogens is 159 g/mol. The first-order valence-corrected chi connectivity index (χ1v) is 3.55. The van der Waals surface area contributed by atoms with Gasteiger partial charge in [-0.3, -0.25) is 4.79 Å². The molecule has 0 fully saturated rings. The van der Waals surface area contributed by atoms with Crippen LogP contribution in [0.15, 0.2) is 18.2 Å². The maximum Gasteiger partial charge on any atom is 0.332 e. The smallest absolute Gasteiger partial charge is 0.332 e. The molecule has 3 heteroatoms. The second kappa shape index (κ2) is 3.45. The molecule has 0 aliphatic heterocycles. The van der Waals surface area contributed by atoms with Gasteiger partial charge in [-0.15, -0.1) is 0 Å². The fourth-order valence-corrected chi connectivity index (χ4v) is 0.964. The molecule has 0 saturated heterocycles. The summed E-state index contributed by atoms with van der Waals surface area (Å²) in [7, 11) is 0. The molecule has 0 aliphatic rings. The molecule has 0 spiro atoms. The summed E-state index contributed by atoms with van der Waals surface area (Å²) < 4.78 is 12.2. The van der Waals surface area contributed by atoms with Gasteiger partial charge in [-0.2, -0.15) is 4.39 Å². The maximum absolute atomic E-state index is 12.2. The van der Waals surface area contributed by atoms with Crippen LogP contribution in [0.2, 0.25) is 0 Å². The Balaban J connectivity index is 3.13. The number of benzene rings is 1. The minimum atomic E-state index is -1.47. The summed E-state index contributed by atoms with van der Waals surface area (Å²) in [4.78, 5) is 10.3. The van der Waals surface area contributed by atoms with Crippen LogP contribution in [0.3, 0.4) is 0 Å². The molecule has 0 radical (unpaired) electrons. The molecule has 0 unspecified atom stereocenters. The predicted octanol–water partition coefficient (Wildman–Crippen LogP) is 1.60. The highest BCUT2D eigenvalue weighted by atomic mass is 19.1. The Hall–Kier alpha value is -1.22. The Morgan fingerprint density at radius 2 is 2.25 bits per heavy atom. The van der Waals surface area contributed by atoms with Crippen LogP contribution < -0.4 is 0 Å². The highest BCUT2D eigenvalue weighted by molar-refractivity contribution is 5.88. The van der Waals surface area contributed by atoms with E-state index >= 15 is 0 Å². The Bertz CT molecular complexity index is 307. The van der Waals surface area contributed by atoms with Crippen molar-refractivity contribution < 1.29 is 14.3 Å². The molecule has 64 valence electrons. The van der Waals surface area contributed by atoms with Crippen molar-refractivity contribution in [1.29, 1.82) is 0 Å². The molecule has 1 aromatic rings. The number of rotatable bonds is 2. The van der Waals surface area contributed by atoms with Crippen LogP contribution in [0.1, 0.15) is 21.5 Å². The SMILES string of the molecule is Cc1ccc(C(=O)F)cc1CO. The minimum Gasteiger partial charge on any atom is -0.392 e. The van der Waals surface area contributed by atoms with E-state index in [9.17, 15) is 9.18 Å². The molecule has 1 rings (SSSR count). The van der Waals surface area contributed by atoms with Gasteiger partial charge in [0, 0.05) is 0 Å². The fourth-order valence-electron chi connectivity index (χ4n) is 0.964. The van der Waals surface area contributed by atoms with Crippen molar-refractivity contribution in [2.24, 2.45) is 0 Å². The van der Waals surface area contributed by atoms with E-state index in [2.05, 4.69) is 0 Å². The average molecular weight is 168 g/mol. The predicted molar refractivity (Wildman–Crippen MR) is 42.5 cm³/mol. The Morgan fingerprint density at radius 1 is 1.58 bits per heavy atom. The lowest BCUT2D eigenvalue weighted by molar-refractivity contribution is 0.0835. The lowest BCUT2D eigenvalue weighted by atomic mass is 10.1. The molecule has 0 amide bonds. The Morgan fingerprint density at radius 3 is 2.75 bits per heavy atom. The zero-order chi connectivity index (χ0) is 9.14. The van der Waals surface area contributed by atoms with Crippen LogP contribution in [0, 0.1) is 6.92 Å². The van der Waals surface area contributed by atoms with E-state index in [4.69, 9.17) is 5.11 Å². The van der Waals surface area contributed by atoms with Gasteiger partial charge in [0.05, 0.1) is 12.2 Å². The minimum absolute atomic E-state index is 0.00958. The first-order valence-electron chi connectivity index (χ1n) is 3.55. The normalized spacial score (nSPS) is 9.92. The Labute approximate surface area is 69.6 Å². The lowest BCUT2D eigenvalue weighted by Crippen LogP contribution is -1.95. The second-order valence-electron chi connectivity index (χ2n) is 2.57. The number of hydrogen-bond acceptors (Lipinski definition) is 2. The van der Waals surface area contributed by atoms with Crippen molar-refractivity contribution in [3.05, 3.63) is 34.9 Å². The molecule has 0 aliphatic carbocycles. The number of aliphatic hydroxyl groups is 1. The molecule has 0 heterocycles. The van der Waals surface area contributed by atoms with E-state index in [1.165, 1.54) is 12.1 Å². The van der Waals surface area contributed by atoms with E-state index in [-0.39, 0.29) is 12.2 Å². The quantitative estimate of drug-likeness (QED) is 0.681. The molecule has 1 aromatic carbocycles. The summed E-state index contributed by atoms with van der Waals surface area (Å²) in [6.07, 6.45) is 0. The van der Waals surface area contributed by atoms with Gasteiger partial charge in [0.1, 0.15) is 0 Å². The molecule has 0 aromatic heterocycles. The zero-order valence-corrected chi connectivity index (χ0v) is 6.67. The largest absolute Gasteiger partial charge is 0.392 e. The van der Waals surface area contributed by atoms with Crippen molar-refractivity contribution in [1.82, 2.24) is 0 Å². The van der Waals surface area contributed by atoms with Crippen molar-refractivity contribution in [2.45, 2.75) is 13.5 Å². The lowest BCUT2D eigenvalue weighted by Gasteiger charge is -2.02. The molecule has 0 bridgehead atoms. The highest BCUT2D eigenvalue weighted by Gasteiger charge is 2.05. The van der Waals surface area contributed by atoms with Gasteiger partial charge in [0.2, 0.25) is 0 Å². The second-order valence-corrected chi connectivity index (χ2v) is 2.57. The van der Waals surface area contributed by atoms with Gasteiger partial charge in [0.25, 0.3) is 0 Å². The van der Waals surface area contributed by atoms with Crippen molar-refractivity contribution in [2.75, 3.05) is 0 Å². The van der Waals surface area contributed by atoms with Crippen molar-refractivity contribution in [3.63, 3.8) is 0 Å². The Kier molecular flexibility index (Phi) is 2.55. The zero-order valence-electron chi connectivity index (χ0n) is 6.67. The van der Waals surface area contributed by atoms with Gasteiger partial charge in [-0.1, -0.05) is 6.07 Å². The van der Waals surface area contributed by atoms with Gasteiger partial charge in [0.15, 0.2) is 0 Å². The van der Waals surface area contributed by atoms with E-state index in [1.54, 1.807) is 13.0 Å². The van der Waals surface area contributed by atoms with Gasteiger partial charge >= 0.3 is 6.04 Å². The van der Waals surface area contributed by atoms with Gasteiger partial charge in [-0.25, -0.2) is 0 Å². The number of aliphatic hydroxyl groups excluding tert-OH is 1. The van der Waals surface area contributed by atoms with Crippen LogP contribution in [0.5, 0.6) is 0 Å². The van der Waals surface area contributed by atoms with Crippen LogP contribution in [-0.4, -0.2) is 11.1 Å². The van der Waals surface area contributed by atoms with Crippen LogP contribution >= 0.6 is 0 Å². The third kappa shape index (κ3) is 1.68. The van der Waals surface area contributed by atoms with Crippen LogP contribution in [0.4, 0.5) is 4.39 Å². The fraction of sp³-hybridized carbons (Fsp3) is 0.222. The van der Waals surface area contributed by atoms with E-state index < -0.39 is 6.04 Å². The van der Waals surface area contributed by atoms with Crippen molar-refractivity contribution >= 4 is 6.04 Å². The number of halogens is 1. The van der Waals surface area contributed by atoms with E-state index in [1.807, 2.05) is 0 Å². The summed E-state index contributed by atoms with van der Waals surface area (Å²) >= 11 is 0. The monoisotopic (exact) mass is 168 g/mol. The number of carbonyl (C=O) groups is 1. The number of aryl methyl sites for hydroxylation is 1. The number of carbonyl (C=O) groups excluding carboxylic acids is 1. The van der Waals surface area contributed by atoms with Crippen LogP contribution in [-0.2, 0) is 6.61 Å². The molecule has 1 N–H and O–H groups in total. The molecule has 12 heavy (non-hydrogen) atoms. The maximum atomic E-state index is 12.2. The van der Waals surface area contributed by atoms with Gasteiger partial charge < -0.3 is 5.11 Å². The first kappa shape index (κ1) is 8.87. The first-order chi connectivity index (χ1) is 5.65. The van der Waals surface area contributed by atoms with E-state index in [0.717, 1.165) is 5.56 Å². The summed E-state index contributed by atoms with van der Waals surface area (Å²) in [5, 5.41) is 8.79.